The molecule has 2 rings (SSSR count). The molecule has 150 valence electrons. The molecule has 27 heavy (non-hydrogen) atoms. The number of hydrogen-bond acceptors (Lipinski definition) is 8. The summed E-state index contributed by atoms with van der Waals surface area (Å²) in [6, 6.07) is 0. The Morgan fingerprint density at radius 3 is 2.22 bits per heavy atom. The van der Waals surface area contributed by atoms with Crippen molar-refractivity contribution in [1.29, 1.82) is 0 Å². The van der Waals surface area contributed by atoms with Crippen LogP contribution >= 0.6 is 7.82 Å². The number of aromatic nitrogens is 2. The molecule has 0 saturated carbocycles. The van der Waals surface area contributed by atoms with Gasteiger partial charge < -0.3 is 34.7 Å². The van der Waals surface area contributed by atoms with Crippen LogP contribution in [0.3, 0.4) is 0 Å². The van der Waals surface area contributed by atoms with Crippen LogP contribution in [0.5, 0.6) is 0 Å². The Hall–Kier alpha value is -2.62. The van der Waals surface area contributed by atoms with Crippen molar-refractivity contribution < 1.29 is 48.5 Å². The fraction of sp³-hybridized carbons (Fsp3) is 0.444. The summed E-state index contributed by atoms with van der Waals surface area (Å²) >= 11 is 0. The number of carboxylic acid groups (broad SMARTS) is 1. The standard InChI is InChI=1S/C9H8FN5O7.H3O4P/c10-1-5(13-14-11)15(9(21)12-6(1)18)7-3(17)2(16)4(22-7)8(19)20;1-5(2,3)4/h2-4,7,16-17H,(H,19,20)(H,12,18,21);(H3,1,2,3,4)/t2-,3+,4-,7+;/m0./s1. The number of halogens is 1. The van der Waals surface area contributed by atoms with E-state index in [1.165, 1.54) is 4.98 Å². The molecule has 1 aliphatic heterocycles. The number of rotatable bonds is 3. The van der Waals surface area contributed by atoms with Crippen LogP contribution in [0.25, 0.3) is 10.4 Å². The van der Waals surface area contributed by atoms with E-state index in [1.54, 1.807) is 0 Å². The molecule has 1 aliphatic rings. The van der Waals surface area contributed by atoms with Crippen molar-refractivity contribution in [2.75, 3.05) is 0 Å². The van der Waals surface area contributed by atoms with E-state index in [1.807, 2.05) is 0 Å². The molecule has 1 saturated heterocycles. The van der Waals surface area contributed by atoms with E-state index in [9.17, 15) is 29.0 Å². The largest absolute Gasteiger partial charge is 0.479 e. The third-order valence-corrected chi connectivity index (χ3v) is 2.94. The first kappa shape index (κ1) is 22.4. The maximum absolute atomic E-state index is 13.7. The van der Waals surface area contributed by atoms with E-state index >= 15 is 0 Å². The van der Waals surface area contributed by atoms with Crippen molar-refractivity contribution in [2.45, 2.75) is 24.5 Å². The molecule has 2 heterocycles. The number of aliphatic hydroxyl groups is 2. The van der Waals surface area contributed by atoms with Gasteiger partial charge in [-0.1, -0.05) is 0 Å². The van der Waals surface area contributed by atoms with Crippen molar-refractivity contribution in [3.63, 3.8) is 0 Å². The molecule has 18 heteroatoms. The summed E-state index contributed by atoms with van der Waals surface area (Å²) in [7, 11) is -4.64. The minimum absolute atomic E-state index is 0.216. The van der Waals surface area contributed by atoms with Crippen molar-refractivity contribution in [1.82, 2.24) is 9.55 Å². The molecule has 7 N–H and O–H groups in total. The molecule has 16 nitrogen and oxygen atoms in total. The summed E-state index contributed by atoms with van der Waals surface area (Å²) in [5.74, 6) is -4.39. The van der Waals surface area contributed by atoms with Gasteiger partial charge in [0.1, 0.15) is 12.2 Å². The van der Waals surface area contributed by atoms with E-state index < -0.39 is 61.2 Å². The summed E-state index contributed by atoms with van der Waals surface area (Å²) in [5.41, 5.74) is 5.57. The molecule has 0 spiro atoms. The maximum atomic E-state index is 13.7. The highest BCUT2D eigenvalue weighted by Crippen LogP contribution is 2.31. The Kier molecular flexibility index (Phi) is 6.96. The van der Waals surface area contributed by atoms with Crippen LogP contribution in [0.15, 0.2) is 14.7 Å². The first-order valence-electron chi connectivity index (χ1n) is 6.41. The molecule has 0 amide bonds. The number of nitrogens with one attached hydrogen (secondary N) is 1. The fourth-order valence-electron chi connectivity index (χ4n) is 1.96. The second kappa shape index (κ2) is 8.38. The lowest BCUT2D eigenvalue weighted by molar-refractivity contribution is -0.155. The lowest BCUT2D eigenvalue weighted by Crippen LogP contribution is -2.39. The van der Waals surface area contributed by atoms with Crippen LogP contribution in [0.4, 0.5) is 10.2 Å². The highest BCUT2D eigenvalue weighted by Gasteiger charge is 2.48. The summed E-state index contributed by atoms with van der Waals surface area (Å²) < 4.78 is 27.6. The van der Waals surface area contributed by atoms with Crippen LogP contribution in [-0.4, -0.2) is 63.8 Å². The van der Waals surface area contributed by atoms with E-state index in [4.69, 9.17) is 34.6 Å². The van der Waals surface area contributed by atoms with Crippen LogP contribution < -0.4 is 11.2 Å². The van der Waals surface area contributed by atoms with Crippen LogP contribution in [0, 0.1) is 5.82 Å². The first-order valence-corrected chi connectivity index (χ1v) is 7.98. The first-order chi connectivity index (χ1) is 12.3. The van der Waals surface area contributed by atoms with Crippen molar-refractivity contribution in [2.24, 2.45) is 5.11 Å². The van der Waals surface area contributed by atoms with Gasteiger partial charge in [0.05, 0.1) is 0 Å². The van der Waals surface area contributed by atoms with Gasteiger partial charge in [-0.3, -0.25) is 14.3 Å². The van der Waals surface area contributed by atoms with Gasteiger partial charge >= 0.3 is 19.5 Å². The Morgan fingerprint density at radius 2 is 1.81 bits per heavy atom. The summed E-state index contributed by atoms with van der Waals surface area (Å²) in [4.78, 5) is 59.1. The van der Waals surface area contributed by atoms with Gasteiger partial charge in [0.25, 0.3) is 5.56 Å². The fourth-order valence-corrected chi connectivity index (χ4v) is 1.96. The van der Waals surface area contributed by atoms with E-state index in [0.717, 1.165) is 0 Å². The average Bonchev–Trinajstić information content (AvgIpc) is 2.80. The Bertz CT molecular complexity index is 925. The number of nitrogens with zero attached hydrogens (tertiary/aromatic N) is 4. The van der Waals surface area contributed by atoms with E-state index in [2.05, 4.69) is 10.0 Å². The second-order valence-corrected chi connectivity index (χ2v) is 5.76. The highest BCUT2D eigenvalue weighted by molar-refractivity contribution is 7.45. The third kappa shape index (κ3) is 5.43. The number of azide groups is 1. The number of carboxylic acids is 1. The normalized spacial score (nSPS) is 24.5. The van der Waals surface area contributed by atoms with Gasteiger partial charge in [-0.05, 0) is 10.6 Å². The number of phosphoric acid groups is 1. The van der Waals surface area contributed by atoms with Crippen molar-refractivity contribution in [3.05, 3.63) is 37.1 Å². The van der Waals surface area contributed by atoms with Gasteiger partial charge in [0, 0.05) is 4.91 Å². The molecular formula is C9H11FN5O11P. The molecule has 0 radical (unpaired) electrons. The molecule has 4 atom stereocenters. The number of aliphatic hydroxyl groups excluding tert-OH is 2. The molecule has 1 aromatic rings. The summed E-state index contributed by atoms with van der Waals surface area (Å²) in [5, 5.41) is 31.0. The van der Waals surface area contributed by atoms with E-state index in [-0.39, 0.29) is 4.57 Å². The Morgan fingerprint density at radius 1 is 1.30 bits per heavy atom. The zero-order chi connectivity index (χ0) is 21.1. The van der Waals surface area contributed by atoms with Gasteiger partial charge in [0.15, 0.2) is 18.1 Å². The zero-order valence-corrected chi connectivity index (χ0v) is 13.5. The highest BCUT2D eigenvalue weighted by atomic mass is 31.2. The number of ether oxygens (including phenoxy) is 1. The summed E-state index contributed by atoms with van der Waals surface area (Å²) in [6.45, 7) is 0. The van der Waals surface area contributed by atoms with Gasteiger partial charge in [-0.2, -0.15) is 4.39 Å². The lowest BCUT2D eigenvalue weighted by Gasteiger charge is -2.19. The number of H-pyrrole nitrogens is 1. The minimum Gasteiger partial charge on any atom is -0.479 e. The third-order valence-electron chi connectivity index (χ3n) is 2.94. The van der Waals surface area contributed by atoms with Gasteiger partial charge in [-0.25, -0.2) is 14.2 Å². The topological polar surface area (TPSA) is 268 Å². The molecular weight excluding hydrogens is 404 g/mol. The second-order valence-electron chi connectivity index (χ2n) is 4.74. The minimum atomic E-state index is -4.64. The van der Waals surface area contributed by atoms with E-state index in [0.29, 0.717) is 0 Å². The summed E-state index contributed by atoms with van der Waals surface area (Å²) in [6.07, 6.45) is -7.66. The number of hydrogen-bond donors (Lipinski definition) is 7. The maximum Gasteiger partial charge on any atom is 0.466 e. The predicted octanol–water partition coefficient (Wildman–Crippen LogP) is -2.61. The number of carbonyl (C=O) groups is 1. The van der Waals surface area contributed by atoms with Crippen molar-refractivity contribution >= 4 is 19.6 Å². The van der Waals surface area contributed by atoms with Gasteiger partial charge in [0.2, 0.25) is 5.82 Å². The molecule has 0 aliphatic carbocycles. The molecule has 1 fully saturated rings. The molecule has 0 aromatic carbocycles. The van der Waals surface area contributed by atoms with Crippen molar-refractivity contribution in [3.8, 4) is 0 Å². The van der Waals surface area contributed by atoms with Crippen LogP contribution in [-0.2, 0) is 14.1 Å². The predicted molar refractivity (Wildman–Crippen MR) is 77.9 cm³/mol. The zero-order valence-electron chi connectivity index (χ0n) is 12.6. The quantitative estimate of drug-likeness (QED) is 0.116. The Labute approximate surface area is 145 Å². The van der Waals surface area contributed by atoms with Crippen LogP contribution in [0.2, 0.25) is 0 Å². The molecule has 0 unspecified atom stereocenters. The smallest absolute Gasteiger partial charge is 0.466 e. The number of aliphatic carboxylic acids is 1. The van der Waals surface area contributed by atoms with Gasteiger partial charge in [-0.15, -0.1) is 0 Å². The lowest BCUT2D eigenvalue weighted by atomic mass is 10.1. The molecule has 0 bridgehead atoms. The molecule has 1 aromatic heterocycles. The average molecular weight is 415 g/mol. The SMILES string of the molecule is O=P(O)(O)O.[N-]=[N+]=Nc1c(F)c(=O)[nH]c(=O)n1[C@@H]1O[C@H](C(=O)O)[C@@H](O)[C@H]1O. The Balaban J connectivity index is 0.000000646. The number of aromatic amines is 1. The van der Waals surface area contributed by atoms with Crippen LogP contribution in [0.1, 0.15) is 6.23 Å². The monoisotopic (exact) mass is 415 g/mol.